The van der Waals surface area contributed by atoms with Crippen LogP contribution in [0.25, 0.3) is 5.69 Å². The Balaban J connectivity index is 0.000000416. The summed E-state index contributed by atoms with van der Waals surface area (Å²) in [4.78, 5) is 25.1. The molecule has 1 aromatic carbocycles. The van der Waals surface area contributed by atoms with Gasteiger partial charge in [0.2, 0.25) is 0 Å². The van der Waals surface area contributed by atoms with Crippen molar-refractivity contribution >= 4 is 15.9 Å². The number of methoxy groups -OCH3 is 1. The third kappa shape index (κ3) is 7.29. The summed E-state index contributed by atoms with van der Waals surface area (Å²) >= 11 is 2.95. The molecule has 0 bridgehead atoms. The molecule has 0 aliphatic carbocycles. The first-order valence-corrected chi connectivity index (χ1v) is 8.85. The van der Waals surface area contributed by atoms with Crippen molar-refractivity contribution in [3.8, 4) is 11.4 Å². The monoisotopic (exact) mass is 465 g/mol. The minimum Gasteiger partial charge on any atom is -0.491 e. The summed E-state index contributed by atoms with van der Waals surface area (Å²) in [7, 11) is 1.29. The van der Waals surface area contributed by atoms with E-state index in [4.69, 9.17) is 4.74 Å². The number of ether oxygens (including phenoxy) is 1. The van der Waals surface area contributed by atoms with Gasteiger partial charge in [-0.25, -0.2) is 4.68 Å². The first-order valence-electron chi connectivity index (χ1n) is 8.05. The lowest BCUT2D eigenvalue weighted by Crippen LogP contribution is -2.14. The molecule has 7 nitrogen and oxygen atoms in total. The van der Waals surface area contributed by atoms with Gasteiger partial charge < -0.3 is 9.57 Å². The second-order valence-electron chi connectivity index (χ2n) is 5.90. The third-order valence-electron chi connectivity index (χ3n) is 3.34. The van der Waals surface area contributed by atoms with Gasteiger partial charge in [-0.2, -0.15) is 18.3 Å². The molecule has 0 unspecified atom stereocenters. The molecule has 28 heavy (non-hydrogen) atoms. The topological polar surface area (TPSA) is 82.8 Å². The van der Waals surface area contributed by atoms with Crippen LogP contribution in [0.2, 0.25) is 0 Å². The van der Waals surface area contributed by atoms with Crippen LogP contribution in [0.3, 0.4) is 0 Å². The molecule has 2 aromatic rings. The summed E-state index contributed by atoms with van der Waals surface area (Å²) in [6, 6.07) is 4.60. The lowest BCUT2D eigenvalue weighted by molar-refractivity contribution is -0.137. The largest absolute Gasteiger partial charge is 0.491 e. The molecule has 0 amide bonds. The standard InChI is InChI=1S/C12H8BrF3N2O2.C5H11NO2/c1-20-9-6-18(17-11(13)10(9)19)8-4-2-3-7(5-8)12(14,15)16;1-5(2)3-4-8-6-7/h2-6H,1H3;5H,3-4H2,1-2H3. The van der Waals surface area contributed by atoms with Gasteiger partial charge >= 0.3 is 6.18 Å². The number of hydrogen-bond acceptors (Lipinski definition) is 6. The van der Waals surface area contributed by atoms with Crippen molar-refractivity contribution in [1.82, 2.24) is 9.78 Å². The maximum Gasteiger partial charge on any atom is 0.416 e. The van der Waals surface area contributed by atoms with Crippen molar-refractivity contribution in [3.63, 3.8) is 0 Å². The van der Waals surface area contributed by atoms with E-state index in [1.54, 1.807) is 0 Å². The van der Waals surface area contributed by atoms with Crippen LogP contribution in [0.15, 0.2) is 45.2 Å². The van der Waals surface area contributed by atoms with Gasteiger partial charge in [-0.05, 0) is 46.5 Å². The van der Waals surface area contributed by atoms with E-state index in [0.717, 1.165) is 23.2 Å². The maximum absolute atomic E-state index is 12.7. The lowest BCUT2D eigenvalue weighted by atomic mass is 10.1. The first kappa shape index (κ1) is 23.6. The molecule has 11 heteroatoms. The Labute approximate surface area is 167 Å². The number of alkyl halides is 3. The van der Waals surface area contributed by atoms with E-state index >= 15 is 0 Å². The van der Waals surface area contributed by atoms with Crippen LogP contribution in [0.5, 0.6) is 5.75 Å². The normalized spacial score (nSPS) is 10.9. The minimum absolute atomic E-state index is 0.0238. The van der Waals surface area contributed by atoms with E-state index in [1.165, 1.54) is 25.4 Å². The second-order valence-corrected chi connectivity index (χ2v) is 6.65. The fourth-order valence-electron chi connectivity index (χ4n) is 1.87. The summed E-state index contributed by atoms with van der Waals surface area (Å²) < 4.78 is 43.9. The van der Waals surface area contributed by atoms with Crippen molar-refractivity contribution in [3.05, 3.63) is 55.8 Å². The fourth-order valence-corrected chi connectivity index (χ4v) is 2.23. The highest BCUT2D eigenvalue weighted by atomic mass is 79.9. The Morgan fingerprint density at radius 1 is 1.32 bits per heavy atom. The van der Waals surface area contributed by atoms with Crippen molar-refractivity contribution < 1.29 is 22.7 Å². The van der Waals surface area contributed by atoms with Crippen LogP contribution in [0, 0.1) is 10.8 Å². The molecule has 0 atom stereocenters. The van der Waals surface area contributed by atoms with E-state index in [-0.39, 0.29) is 16.0 Å². The molecule has 1 aromatic heterocycles. The summed E-state index contributed by atoms with van der Waals surface area (Å²) in [5.41, 5.74) is -1.11. The highest BCUT2D eigenvalue weighted by Gasteiger charge is 2.30. The van der Waals surface area contributed by atoms with Crippen molar-refractivity contribution in [1.29, 1.82) is 0 Å². The molecule has 2 rings (SSSR count). The van der Waals surface area contributed by atoms with Crippen LogP contribution >= 0.6 is 15.9 Å². The lowest BCUT2D eigenvalue weighted by Gasteiger charge is -2.11. The van der Waals surface area contributed by atoms with Gasteiger partial charge in [0.15, 0.2) is 15.7 Å². The van der Waals surface area contributed by atoms with Gasteiger partial charge in [0.25, 0.3) is 5.43 Å². The predicted molar refractivity (Wildman–Crippen MR) is 100 cm³/mol. The van der Waals surface area contributed by atoms with E-state index in [2.05, 4.69) is 45.1 Å². The third-order valence-corrected chi connectivity index (χ3v) is 3.86. The number of halogens is 4. The maximum atomic E-state index is 12.7. The van der Waals surface area contributed by atoms with Crippen molar-refractivity contribution in [2.75, 3.05) is 13.7 Å². The minimum atomic E-state index is -4.45. The Bertz CT molecular complexity index is 841. The zero-order valence-electron chi connectivity index (χ0n) is 15.4. The van der Waals surface area contributed by atoms with Crippen LogP contribution < -0.4 is 10.2 Å². The zero-order chi connectivity index (χ0) is 21.3. The number of rotatable bonds is 6. The van der Waals surface area contributed by atoms with Gasteiger partial charge in [0, 0.05) is 0 Å². The van der Waals surface area contributed by atoms with E-state index in [1.807, 2.05) is 0 Å². The molecular formula is C17H19BrF3N3O4. The van der Waals surface area contributed by atoms with Gasteiger partial charge in [-0.15, -0.1) is 4.91 Å². The molecule has 0 saturated carbocycles. The Kier molecular flexibility index (Phi) is 9.10. The van der Waals surface area contributed by atoms with E-state index in [0.29, 0.717) is 12.5 Å². The Hall–Kier alpha value is -2.43. The zero-order valence-corrected chi connectivity index (χ0v) is 17.0. The number of aromatic nitrogens is 2. The Morgan fingerprint density at radius 3 is 2.54 bits per heavy atom. The average Bonchev–Trinajstić information content (AvgIpc) is 2.64. The number of nitrogens with zero attached hydrogens (tertiary/aromatic N) is 3. The van der Waals surface area contributed by atoms with Crippen LogP contribution in [0.1, 0.15) is 25.8 Å². The SMILES string of the molecule is CC(C)CCON=O.COc1cn(-c2cccc(C(F)(F)F)c2)nc(Br)c1=O. The molecule has 0 aliphatic heterocycles. The van der Waals surface area contributed by atoms with Crippen molar-refractivity contribution in [2.24, 2.45) is 11.3 Å². The summed E-state index contributed by atoms with van der Waals surface area (Å²) in [6.45, 7) is 4.57. The number of hydrogen-bond donors (Lipinski definition) is 0. The molecule has 1 heterocycles. The molecule has 0 N–H and O–H groups in total. The van der Waals surface area contributed by atoms with Crippen LogP contribution in [-0.2, 0) is 11.0 Å². The van der Waals surface area contributed by atoms with Gasteiger partial charge in [-0.1, -0.05) is 19.9 Å². The van der Waals surface area contributed by atoms with Crippen LogP contribution in [-0.4, -0.2) is 23.5 Å². The van der Waals surface area contributed by atoms with Crippen molar-refractivity contribution in [2.45, 2.75) is 26.4 Å². The molecular weight excluding hydrogens is 447 g/mol. The quantitative estimate of drug-likeness (QED) is 0.349. The van der Waals surface area contributed by atoms with Gasteiger partial charge in [-0.3, -0.25) is 4.79 Å². The highest BCUT2D eigenvalue weighted by Crippen LogP contribution is 2.30. The molecule has 0 saturated heterocycles. The summed E-state index contributed by atoms with van der Waals surface area (Å²) in [6.07, 6.45) is -2.33. The fraction of sp³-hybridized carbons (Fsp3) is 0.412. The molecule has 0 radical (unpaired) electrons. The second kappa shape index (κ2) is 10.8. The molecule has 0 spiro atoms. The first-order chi connectivity index (χ1) is 13.1. The van der Waals surface area contributed by atoms with E-state index in [9.17, 15) is 22.9 Å². The van der Waals surface area contributed by atoms with Crippen LogP contribution in [0.4, 0.5) is 13.2 Å². The summed E-state index contributed by atoms with van der Waals surface area (Å²) in [5.74, 6) is 0.557. The molecule has 0 aliphatic rings. The van der Waals surface area contributed by atoms with E-state index < -0.39 is 17.2 Å². The smallest absolute Gasteiger partial charge is 0.416 e. The summed E-state index contributed by atoms with van der Waals surface area (Å²) in [5, 5.41) is 6.11. The number of benzene rings is 1. The average molecular weight is 466 g/mol. The molecule has 154 valence electrons. The van der Waals surface area contributed by atoms with Gasteiger partial charge in [0.1, 0.15) is 6.61 Å². The predicted octanol–water partition coefficient (Wildman–Crippen LogP) is 4.75. The Morgan fingerprint density at radius 2 is 2.00 bits per heavy atom. The molecule has 0 fully saturated rings. The van der Waals surface area contributed by atoms with Gasteiger partial charge in [0.05, 0.1) is 24.6 Å². The highest BCUT2D eigenvalue weighted by molar-refractivity contribution is 9.10.